The van der Waals surface area contributed by atoms with Crippen molar-refractivity contribution in [2.75, 3.05) is 0 Å². The fourth-order valence-electron chi connectivity index (χ4n) is 2.80. The first-order valence-electron chi connectivity index (χ1n) is 7.68. The summed E-state index contributed by atoms with van der Waals surface area (Å²) in [5.74, 6) is 0.772. The normalized spacial score (nSPS) is 23.3. The third-order valence-corrected chi connectivity index (χ3v) is 5.18. The van der Waals surface area contributed by atoms with Gasteiger partial charge >= 0.3 is 0 Å². The van der Waals surface area contributed by atoms with E-state index in [9.17, 15) is 9.18 Å². The van der Waals surface area contributed by atoms with Crippen LogP contribution in [0.15, 0.2) is 29.6 Å². The van der Waals surface area contributed by atoms with Crippen LogP contribution < -0.4 is 5.32 Å². The topological polar surface area (TPSA) is 42.0 Å². The quantitative estimate of drug-likeness (QED) is 0.919. The number of hydrogen-bond donors (Lipinski definition) is 1. The summed E-state index contributed by atoms with van der Waals surface area (Å²) in [4.78, 5) is 16.6. The van der Waals surface area contributed by atoms with Gasteiger partial charge in [0.15, 0.2) is 0 Å². The zero-order valence-corrected chi connectivity index (χ0v) is 12.9. The van der Waals surface area contributed by atoms with Crippen LogP contribution in [-0.2, 0) is 11.2 Å². The van der Waals surface area contributed by atoms with Crippen LogP contribution in [0, 0.1) is 5.82 Å². The van der Waals surface area contributed by atoms with E-state index in [1.807, 2.05) is 0 Å². The van der Waals surface area contributed by atoms with Crippen LogP contribution in [-0.4, -0.2) is 16.9 Å². The van der Waals surface area contributed by atoms with Gasteiger partial charge in [0.2, 0.25) is 5.91 Å². The maximum atomic E-state index is 12.9. The van der Waals surface area contributed by atoms with Crippen molar-refractivity contribution < 1.29 is 9.18 Å². The smallest absolute Gasteiger partial charge is 0.227 e. The lowest BCUT2D eigenvalue weighted by Gasteiger charge is -2.04. The molecule has 0 aliphatic heterocycles. The molecule has 2 aliphatic carbocycles. The largest absolute Gasteiger partial charge is 0.352 e. The highest BCUT2D eigenvalue weighted by Gasteiger charge is 2.39. The van der Waals surface area contributed by atoms with E-state index in [2.05, 4.69) is 15.7 Å². The monoisotopic (exact) mass is 316 g/mol. The second kappa shape index (κ2) is 5.47. The number of nitrogens with one attached hydrogen (secondary N) is 1. The molecule has 2 aromatic rings. The van der Waals surface area contributed by atoms with E-state index in [1.54, 1.807) is 23.5 Å². The van der Waals surface area contributed by atoms with E-state index in [0.717, 1.165) is 22.7 Å². The van der Waals surface area contributed by atoms with E-state index in [1.165, 1.54) is 25.0 Å². The molecule has 3 nitrogen and oxygen atoms in total. The Hall–Kier alpha value is -1.75. The number of carbonyl (C=O) groups excluding carboxylic acids is 1. The summed E-state index contributed by atoms with van der Waals surface area (Å²) in [7, 11) is 0. The van der Waals surface area contributed by atoms with Crippen molar-refractivity contribution in [2.45, 2.75) is 43.6 Å². The Morgan fingerprint density at radius 2 is 2.09 bits per heavy atom. The zero-order chi connectivity index (χ0) is 15.1. The maximum Gasteiger partial charge on any atom is 0.227 e. The molecule has 5 heteroatoms. The van der Waals surface area contributed by atoms with E-state index in [0.29, 0.717) is 18.3 Å². The van der Waals surface area contributed by atoms with Gasteiger partial charge in [0.25, 0.3) is 0 Å². The fraction of sp³-hybridized carbons (Fsp3) is 0.412. The molecule has 0 spiro atoms. The molecule has 1 amide bonds. The molecule has 0 saturated heterocycles. The third kappa shape index (κ3) is 3.04. The molecule has 4 rings (SSSR count). The van der Waals surface area contributed by atoms with E-state index in [-0.39, 0.29) is 17.8 Å². The molecule has 22 heavy (non-hydrogen) atoms. The van der Waals surface area contributed by atoms with Gasteiger partial charge in [0.05, 0.1) is 12.1 Å². The van der Waals surface area contributed by atoms with Gasteiger partial charge in [-0.1, -0.05) is 12.1 Å². The van der Waals surface area contributed by atoms with Gasteiger partial charge in [0.1, 0.15) is 10.8 Å². The molecule has 1 aromatic carbocycles. The predicted molar refractivity (Wildman–Crippen MR) is 83.5 cm³/mol. The van der Waals surface area contributed by atoms with Crippen molar-refractivity contribution in [3.05, 3.63) is 51.7 Å². The van der Waals surface area contributed by atoms with Crippen LogP contribution in [0.5, 0.6) is 0 Å². The van der Waals surface area contributed by atoms with Crippen LogP contribution in [0.25, 0.3) is 0 Å². The number of nitrogens with zero attached hydrogens (tertiary/aromatic N) is 1. The van der Waals surface area contributed by atoms with Crippen LogP contribution in [0.3, 0.4) is 0 Å². The maximum absolute atomic E-state index is 12.9. The Kier molecular flexibility index (Phi) is 3.45. The van der Waals surface area contributed by atoms with Gasteiger partial charge in [0, 0.05) is 23.3 Å². The minimum Gasteiger partial charge on any atom is -0.352 e. The summed E-state index contributed by atoms with van der Waals surface area (Å²) < 4.78 is 12.9. The van der Waals surface area contributed by atoms with Crippen molar-refractivity contribution in [2.24, 2.45) is 0 Å². The van der Waals surface area contributed by atoms with E-state index < -0.39 is 0 Å². The molecule has 1 heterocycles. The summed E-state index contributed by atoms with van der Waals surface area (Å²) in [5.41, 5.74) is 2.25. The van der Waals surface area contributed by atoms with Gasteiger partial charge in [-0.05, 0) is 37.0 Å². The van der Waals surface area contributed by atoms with Crippen molar-refractivity contribution in [3.63, 3.8) is 0 Å². The van der Waals surface area contributed by atoms with Crippen LogP contribution in [0.1, 0.15) is 47.4 Å². The second-order valence-electron chi connectivity index (χ2n) is 6.18. The molecule has 1 aromatic heterocycles. The molecular formula is C17H17FN2OS. The first-order chi connectivity index (χ1) is 10.7. The average Bonchev–Trinajstić information content (AvgIpc) is 3.41. The van der Waals surface area contributed by atoms with Gasteiger partial charge in [-0.2, -0.15) is 0 Å². The van der Waals surface area contributed by atoms with Gasteiger partial charge in [-0.25, -0.2) is 9.37 Å². The van der Waals surface area contributed by atoms with Crippen LogP contribution >= 0.6 is 11.3 Å². The number of hydrogen-bond acceptors (Lipinski definition) is 3. The Labute approximate surface area is 132 Å². The number of thiazole rings is 1. The molecule has 2 atom stereocenters. The molecule has 1 N–H and O–H groups in total. The second-order valence-corrected chi connectivity index (χ2v) is 7.13. The van der Waals surface area contributed by atoms with Crippen molar-refractivity contribution in [1.29, 1.82) is 0 Å². The lowest BCUT2D eigenvalue weighted by molar-refractivity contribution is -0.120. The summed E-state index contributed by atoms with van der Waals surface area (Å²) >= 11 is 1.58. The molecule has 2 aliphatic rings. The SMILES string of the molecule is O=C(Cc1nc(C2CC2)cs1)N[C@@H]1C[C@H]1c1ccc(F)cc1. The van der Waals surface area contributed by atoms with Crippen LogP contribution in [0.4, 0.5) is 4.39 Å². The number of rotatable bonds is 5. The molecule has 0 radical (unpaired) electrons. The molecule has 114 valence electrons. The summed E-state index contributed by atoms with van der Waals surface area (Å²) in [5, 5.41) is 6.04. The highest BCUT2D eigenvalue weighted by molar-refractivity contribution is 7.09. The molecule has 0 bridgehead atoms. The van der Waals surface area contributed by atoms with Gasteiger partial charge < -0.3 is 5.32 Å². The Balaban J connectivity index is 1.30. The first-order valence-corrected chi connectivity index (χ1v) is 8.56. The number of carbonyl (C=O) groups is 1. The van der Waals surface area contributed by atoms with Crippen molar-refractivity contribution in [3.8, 4) is 0 Å². The highest BCUT2D eigenvalue weighted by Crippen LogP contribution is 2.41. The summed E-state index contributed by atoms with van der Waals surface area (Å²) in [6.07, 6.45) is 3.76. The number of halogens is 1. The average molecular weight is 316 g/mol. The lowest BCUT2D eigenvalue weighted by Crippen LogP contribution is -2.28. The van der Waals surface area contributed by atoms with E-state index in [4.69, 9.17) is 0 Å². The Morgan fingerprint density at radius 3 is 2.82 bits per heavy atom. The fourth-order valence-corrected chi connectivity index (χ4v) is 3.68. The van der Waals surface area contributed by atoms with Crippen molar-refractivity contribution >= 4 is 17.2 Å². The highest BCUT2D eigenvalue weighted by atomic mass is 32.1. The van der Waals surface area contributed by atoms with Crippen LogP contribution in [0.2, 0.25) is 0 Å². The standard InChI is InChI=1S/C17H17FN2OS/c18-12-5-3-10(4-6-12)13-7-14(13)19-16(21)8-17-20-15(9-22-17)11-1-2-11/h3-6,9,11,13-14H,1-2,7-8H2,(H,19,21)/t13-,14+/m0/s1. The minimum absolute atomic E-state index is 0.0336. The Morgan fingerprint density at radius 1 is 1.32 bits per heavy atom. The van der Waals surface area contributed by atoms with Gasteiger partial charge in [-0.3, -0.25) is 4.79 Å². The molecule has 2 saturated carbocycles. The summed E-state index contributed by atoms with van der Waals surface area (Å²) in [6.45, 7) is 0. The lowest BCUT2D eigenvalue weighted by atomic mass is 10.1. The molecule has 2 fully saturated rings. The number of benzene rings is 1. The molecule has 0 unspecified atom stereocenters. The van der Waals surface area contributed by atoms with Crippen molar-refractivity contribution in [1.82, 2.24) is 10.3 Å². The Bertz CT molecular complexity index is 693. The summed E-state index contributed by atoms with van der Waals surface area (Å²) in [6, 6.07) is 6.73. The number of amides is 1. The predicted octanol–water partition coefficient (Wildman–Crippen LogP) is 3.37. The zero-order valence-electron chi connectivity index (χ0n) is 12.1. The van der Waals surface area contributed by atoms with Gasteiger partial charge in [-0.15, -0.1) is 11.3 Å². The minimum atomic E-state index is -0.222. The van der Waals surface area contributed by atoms with E-state index >= 15 is 0 Å². The first kappa shape index (κ1) is 13.9. The number of aromatic nitrogens is 1. The third-order valence-electron chi connectivity index (χ3n) is 4.31. The molecular weight excluding hydrogens is 299 g/mol.